The highest BCUT2D eigenvalue weighted by Crippen LogP contribution is 2.28. The molecule has 0 aromatic heterocycles. The monoisotopic (exact) mass is 253 g/mol. The number of carbonyl (C=O) groups is 2. The summed E-state index contributed by atoms with van der Waals surface area (Å²) in [6.45, 7) is 5.47. The van der Waals surface area contributed by atoms with Crippen LogP contribution in [0.3, 0.4) is 0 Å². The molecule has 1 unspecified atom stereocenters. The highest BCUT2D eigenvalue weighted by molar-refractivity contribution is 5.89. The van der Waals surface area contributed by atoms with Gasteiger partial charge in [0.05, 0.1) is 0 Å². The number of hydrogen-bond acceptors (Lipinski definition) is 3. The Morgan fingerprint density at radius 3 is 2.44 bits per heavy atom. The van der Waals surface area contributed by atoms with Crippen LogP contribution in [0.15, 0.2) is 0 Å². The first-order valence-corrected chi connectivity index (χ1v) is 6.83. The van der Waals surface area contributed by atoms with Gasteiger partial charge in [0.15, 0.2) is 0 Å². The van der Waals surface area contributed by atoms with Crippen LogP contribution < -0.4 is 16.0 Å². The zero-order chi connectivity index (χ0) is 13.2. The van der Waals surface area contributed by atoms with E-state index in [0.29, 0.717) is 6.04 Å². The summed E-state index contributed by atoms with van der Waals surface area (Å²) in [6, 6.07) is -0.101. The summed E-state index contributed by atoms with van der Waals surface area (Å²) in [4.78, 5) is 24.0. The third kappa shape index (κ3) is 3.22. The fourth-order valence-electron chi connectivity index (χ4n) is 2.20. The topological polar surface area (TPSA) is 70.2 Å². The van der Waals surface area contributed by atoms with Gasteiger partial charge in [-0.25, -0.2) is 0 Å². The van der Waals surface area contributed by atoms with Gasteiger partial charge < -0.3 is 16.0 Å². The molecule has 2 rings (SSSR count). The lowest BCUT2D eigenvalue weighted by Gasteiger charge is -2.33. The summed E-state index contributed by atoms with van der Waals surface area (Å²) in [7, 11) is 0. The molecule has 5 heteroatoms. The maximum Gasteiger partial charge on any atom is 0.242 e. The molecule has 5 nitrogen and oxygen atoms in total. The van der Waals surface area contributed by atoms with Gasteiger partial charge in [-0.1, -0.05) is 6.92 Å². The molecule has 18 heavy (non-hydrogen) atoms. The van der Waals surface area contributed by atoms with Crippen molar-refractivity contribution in [1.29, 1.82) is 0 Å². The van der Waals surface area contributed by atoms with Gasteiger partial charge in [-0.3, -0.25) is 9.59 Å². The van der Waals surface area contributed by atoms with Crippen LogP contribution in [0.2, 0.25) is 0 Å². The molecule has 1 heterocycles. The Hall–Kier alpha value is -1.10. The second-order valence-electron chi connectivity index (χ2n) is 5.79. The van der Waals surface area contributed by atoms with Crippen LogP contribution >= 0.6 is 0 Å². The molecule has 1 atom stereocenters. The highest BCUT2D eigenvalue weighted by Gasteiger charge is 2.36. The molecule has 2 fully saturated rings. The summed E-state index contributed by atoms with van der Waals surface area (Å²) >= 11 is 0. The fourth-order valence-corrected chi connectivity index (χ4v) is 2.20. The van der Waals surface area contributed by atoms with Crippen LogP contribution in [0, 0.1) is 5.41 Å². The van der Waals surface area contributed by atoms with Crippen molar-refractivity contribution in [3.8, 4) is 0 Å². The van der Waals surface area contributed by atoms with Crippen molar-refractivity contribution < 1.29 is 9.59 Å². The van der Waals surface area contributed by atoms with Gasteiger partial charge >= 0.3 is 0 Å². The van der Waals surface area contributed by atoms with Crippen molar-refractivity contribution >= 4 is 11.8 Å². The molecule has 0 spiro atoms. The van der Waals surface area contributed by atoms with Crippen molar-refractivity contribution in [1.82, 2.24) is 16.0 Å². The molecular formula is C13H23N3O2. The lowest BCUT2D eigenvalue weighted by atomic mass is 9.80. The fraction of sp³-hybridized carbons (Fsp3) is 0.846. The molecule has 3 N–H and O–H groups in total. The third-order valence-electron chi connectivity index (χ3n) is 3.92. The maximum absolute atomic E-state index is 12.2. The van der Waals surface area contributed by atoms with Crippen LogP contribution in [-0.2, 0) is 9.59 Å². The van der Waals surface area contributed by atoms with Crippen LogP contribution in [0.4, 0.5) is 0 Å². The van der Waals surface area contributed by atoms with E-state index >= 15 is 0 Å². The zero-order valence-corrected chi connectivity index (χ0v) is 11.2. The van der Waals surface area contributed by atoms with E-state index < -0.39 is 6.04 Å². The van der Waals surface area contributed by atoms with Crippen molar-refractivity contribution in [3.05, 3.63) is 0 Å². The van der Waals surface area contributed by atoms with Gasteiger partial charge in [0.25, 0.3) is 0 Å². The minimum atomic E-state index is -0.440. The predicted molar refractivity (Wildman–Crippen MR) is 69.0 cm³/mol. The Bertz CT molecular complexity index is 333. The minimum absolute atomic E-state index is 0.00227. The smallest absolute Gasteiger partial charge is 0.242 e. The molecule has 1 aliphatic carbocycles. The molecule has 2 amide bonds. The number of carbonyl (C=O) groups excluding carboxylic acids is 2. The molecule has 0 radical (unpaired) electrons. The van der Waals surface area contributed by atoms with E-state index in [4.69, 9.17) is 0 Å². The number of rotatable bonds is 4. The second-order valence-corrected chi connectivity index (χ2v) is 5.79. The molecule has 1 saturated carbocycles. The van der Waals surface area contributed by atoms with Crippen molar-refractivity contribution in [2.75, 3.05) is 13.1 Å². The SMILES string of the molecule is CC(NC(=O)C1(C)CCNCC1)C(=O)NC1CC1. The van der Waals surface area contributed by atoms with E-state index in [2.05, 4.69) is 16.0 Å². The van der Waals surface area contributed by atoms with Crippen molar-refractivity contribution in [2.45, 2.75) is 51.6 Å². The average molecular weight is 253 g/mol. The summed E-state index contributed by atoms with van der Waals surface area (Å²) in [6.07, 6.45) is 3.79. The molecular weight excluding hydrogens is 230 g/mol. The summed E-state index contributed by atoms with van der Waals surface area (Å²) in [5, 5.41) is 9.00. The Labute approximate surface area is 108 Å². The molecule has 0 bridgehead atoms. The standard InChI is InChI=1S/C13H23N3O2/c1-9(11(17)16-10-3-4-10)15-12(18)13(2)5-7-14-8-6-13/h9-10,14H,3-8H2,1-2H3,(H,15,18)(H,16,17). The van der Waals surface area contributed by atoms with E-state index in [-0.39, 0.29) is 17.2 Å². The number of nitrogens with one attached hydrogen (secondary N) is 3. The highest BCUT2D eigenvalue weighted by atomic mass is 16.2. The first-order chi connectivity index (χ1) is 8.51. The van der Waals surface area contributed by atoms with Gasteiger partial charge in [-0.05, 0) is 45.7 Å². The molecule has 0 aromatic carbocycles. The van der Waals surface area contributed by atoms with Crippen LogP contribution in [0.25, 0.3) is 0 Å². The lowest BCUT2D eigenvalue weighted by molar-refractivity contribution is -0.135. The van der Waals surface area contributed by atoms with Gasteiger partial charge in [0.2, 0.25) is 11.8 Å². The molecule has 1 saturated heterocycles. The second kappa shape index (κ2) is 5.26. The Kier molecular flexibility index (Phi) is 3.90. The van der Waals surface area contributed by atoms with Crippen LogP contribution in [0.5, 0.6) is 0 Å². The van der Waals surface area contributed by atoms with Crippen LogP contribution in [-0.4, -0.2) is 37.0 Å². The molecule has 1 aliphatic heterocycles. The van der Waals surface area contributed by atoms with Crippen LogP contribution in [0.1, 0.15) is 39.5 Å². The third-order valence-corrected chi connectivity index (χ3v) is 3.92. The molecule has 102 valence electrons. The number of amides is 2. The van der Waals surface area contributed by atoms with E-state index in [9.17, 15) is 9.59 Å². The predicted octanol–water partition coefficient (Wildman–Crippen LogP) is 0.159. The van der Waals surface area contributed by atoms with Crippen molar-refractivity contribution in [2.24, 2.45) is 5.41 Å². The Morgan fingerprint density at radius 2 is 1.89 bits per heavy atom. The van der Waals surface area contributed by atoms with Gasteiger partial charge in [-0.15, -0.1) is 0 Å². The first-order valence-electron chi connectivity index (χ1n) is 6.83. The average Bonchev–Trinajstić information content (AvgIpc) is 3.13. The zero-order valence-electron chi connectivity index (χ0n) is 11.2. The minimum Gasteiger partial charge on any atom is -0.352 e. The number of hydrogen-bond donors (Lipinski definition) is 3. The first kappa shape index (κ1) is 13.3. The van der Waals surface area contributed by atoms with E-state index in [1.54, 1.807) is 6.92 Å². The molecule has 0 aromatic rings. The van der Waals surface area contributed by atoms with Gasteiger partial charge in [0.1, 0.15) is 6.04 Å². The summed E-state index contributed by atoms with van der Waals surface area (Å²) in [5.41, 5.74) is -0.334. The Balaban J connectivity index is 1.83. The van der Waals surface area contributed by atoms with E-state index in [1.807, 2.05) is 6.92 Å². The molecule has 2 aliphatic rings. The summed E-state index contributed by atoms with van der Waals surface area (Å²) < 4.78 is 0. The quantitative estimate of drug-likeness (QED) is 0.668. The van der Waals surface area contributed by atoms with E-state index in [1.165, 1.54) is 0 Å². The van der Waals surface area contributed by atoms with E-state index in [0.717, 1.165) is 38.8 Å². The maximum atomic E-state index is 12.2. The van der Waals surface area contributed by atoms with Crippen molar-refractivity contribution in [3.63, 3.8) is 0 Å². The Morgan fingerprint density at radius 1 is 1.28 bits per heavy atom. The largest absolute Gasteiger partial charge is 0.352 e. The van der Waals surface area contributed by atoms with Gasteiger partial charge in [0, 0.05) is 11.5 Å². The van der Waals surface area contributed by atoms with Gasteiger partial charge in [-0.2, -0.15) is 0 Å². The summed E-state index contributed by atoms with van der Waals surface area (Å²) in [5.74, 6) is -0.0640. The normalized spacial score (nSPS) is 24.1. The lowest BCUT2D eigenvalue weighted by Crippen LogP contribution is -2.52. The number of piperidine rings is 1.